The second-order valence-corrected chi connectivity index (χ2v) is 17.1. The lowest BCUT2D eigenvalue weighted by Gasteiger charge is -2.26. The number of rotatable bonds is 6. The molecule has 0 fully saturated rings. The van der Waals surface area contributed by atoms with E-state index in [9.17, 15) is 0 Å². The summed E-state index contributed by atoms with van der Waals surface area (Å²) >= 11 is 0. The van der Waals surface area contributed by atoms with Crippen molar-refractivity contribution in [3.63, 3.8) is 0 Å². The molecular formula is C54H45N5O. The number of aryl methyl sites for hydroxylation is 1. The maximum absolute atomic E-state index is 7.11. The molecule has 0 amide bonds. The molecule has 1 aliphatic rings. The lowest BCUT2D eigenvalue weighted by Crippen LogP contribution is -2.24. The van der Waals surface area contributed by atoms with Crippen LogP contribution in [0.3, 0.4) is 0 Å². The van der Waals surface area contributed by atoms with Crippen molar-refractivity contribution in [2.24, 2.45) is 7.05 Å². The number of anilines is 3. The van der Waals surface area contributed by atoms with E-state index in [0.29, 0.717) is 0 Å². The first-order valence-corrected chi connectivity index (χ1v) is 20.7. The van der Waals surface area contributed by atoms with Crippen LogP contribution >= 0.6 is 0 Å². The fourth-order valence-corrected chi connectivity index (χ4v) is 9.21. The maximum atomic E-state index is 7.11. The molecule has 4 heterocycles. The number of aromatic nitrogens is 3. The molecule has 0 atom stereocenters. The topological polar surface area (TPSA) is 38.5 Å². The minimum absolute atomic E-state index is 0.114. The summed E-state index contributed by atoms with van der Waals surface area (Å²) in [6.45, 7) is 7.54. The predicted octanol–water partition coefficient (Wildman–Crippen LogP) is 13.8. The van der Waals surface area contributed by atoms with E-state index in [1.165, 1.54) is 49.7 Å². The van der Waals surface area contributed by atoms with Crippen LogP contribution in [0, 0.1) is 0 Å². The zero-order valence-corrected chi connectivity index (χ0v) is 34.5. The van der Waals surface area contributed by atoms with E-state index >= 15 is 0 Å². The quantitative estimate of drug-likeness (QED) is 0.168. The highest BCUT2D eigenvalue weighted by molar-refractivity contribution is 6.16. The number of ether oxygens (including phenoxy) is 1. The first-order valence-electron chi connectivity index (χ1n) is 20.7. The van der Waals surface area contributed by atoms with Crippen molar-refractivity contribution in [1.29, 1.82) is 0 Å². The van der Waals surface area contributed by atoms with Crippen molar-refractivity contribution < 1.29 is 4.74 Å². The van der Waals surface area contributed by atoms with Crippen molar-refractivity contribution in [2.45, 2.75) is 26.2 Å². The average molecular weight is 780 g/mol. The van der Waals surface area contributed by atoms with Gasteiger partial charge in [0.05, 0.1) is 34.6 Å². The minimum Gasteiger partial charge on any atom is -0.457 e. The normalized spacial score (nSPS) is 12.9. The van der Waals surface area contributed by atoms with E-state index in [2.05, 4.69) is 218 Å². The lowest BCUT2D eigenvalue weighted by atomic mass is 9.86. The SMILES string of the molecule is CN1CN(c2cc(Oc3cc(-c4ccccc4)c4c5ccccc5n(-c5cc6c(cn5)c5ccccc5n6C)c4c3)cc(C(C)(C)C)c2)c2ccc(-c3ccccc3)cc21. The Morgan fingerprint density at radius 1 is 0.533 bits per heavy atom. The lowest BCUT2D eigenvalue weighted by molar-refractivity contribution is 0.479. The highest BCUT2D eigenvalue weighted by Crippen LogP contribution is 2.46. The molecule has 0 saturated heterocycles. The Kier molecular flexibility index (Phi) is 8.14. The van der Waals surface area contributed by atoms with Crippen LogP contribution in [0.15, 0.2) is 170 Å². The van der Waals surface area contributed by atoms with E-state index in [0.717, 1.165) is 62.7 Å². The Morgan fingerprint density at radius 2 is 1.22 bits per heavy atom. The summed E-state index contributed by atoms with van der Waals surface area (Å²) in [5.41, 5.74) is 13.7. The number of fused-ring (bicyclic) bond motifs is 7. The molecule has 7 aromatic carbocycles. The Labute approximate surface area is 350 Å². The third-order valence-electron chi connectivity index (χ3n) is 12.3. The van der Waals surface area contributed by atoms with Gasteiger partial charge in [0, 0.05) is 71.2 Å². The summed E-state index contributed by atoms with van der Waals surface area (Å²) in [6.07, 6.45) is 2.03. The summed E-state index contributed by atoms with van der Waals surface area (Å²) in [6, 6.07) is 58.6. The second-order valence-electron chi connectivity index (χ2n) is 17.1. The van der Waals surface area contributed by atoms with E-state index < -0.39 is 0 Å². The van der Waals surface area contributed by atoms with Gasteiger partial charge in [-0.15, -0.1) is 0 Å². The van der Waals surface area contributed by atoms with Crippen LogP contribution in [0.1, 0.15) is 26.3 Å². The standard InChI is InChI=1S/C54H45N5O/c1-54(2,3)38-27-39(58-34-56(4)50-26-37(24-25-48(50)58)35-16-8-6-9-17-35)29-40(28-38)60-41-30-44(36-18-10-7-11-19-36)53-43-21-13-15-23-47(43)59(51(53)31-41)52-32-49-45(33-55-52)42-20-12-14-22-46(42)57(49)5/h6-33H,34H2,1-5H3. The van der Waals surface area contributed by atoms with Gasteiger partial charge in [-0.2, -0.15) is 0 Å². The van der Waals surface area contributed by atoms with Crippen LogP contribution in [0.5, 0.6) is 11.5 Å². The van der Waals surface area contributed by atoms with Gasteiger partial charge in [0.2, 0.25) is 0 Å². The molecule has 0 unspecified atom stereocenters. The molecule has 11 rings (SSSR count). The highest BCUT2D eigenvalue weighted by Gasteiger charge is 2.28. The van der Waals surface area contributed by atoms with Crippen molar-refractivity contribution in [1.82, 2.24) is 14.1 Å². The van der Waals surface area contributed by atoms with Gasteiger partial charge in [-0.1, -0.05) is 124 Å². The van der Waals surface area contributed by atoms with Crippen LogP contribution in [0.2, 0.25) is 0 Å². The molecule has 60 heavy (non-hydrogen) atoms. The number of pyridine rings is 1. The van der Waals surface area contributed by atoms with Gasteiger partial charge < -0.3 is 19.1 Å². The smallest absolute Gasteiger partial charge is 0.139 e. The number of nitrogens with zero attached hydrogens (tertiary/aromatic N) is 5. The van der Waals surface area contributed by atoms with E-state index in [4.69, 9.17) is 9.72 Å². The summed E-state index contributed by atoms with van der Waals surface area (Å²) in [4.78, 5) is 9.90. The Morgan fingerprint density at radius 3 is 1.98 bits per heavy atom. The minimum atomic E-state index is -0.114. The number of para-hydroxylation sites is 2. The molecule has 3 aromatic heterocycles. The van der Waals surface area contributed by atoms with Crippen LogP contribution in [-0.2, 0) is 12.5 Å². The fourth-order valence-electron chi connectivity index (χ4n) is 9.21. The van der Waals surface area contributed by atoms with E-state index in [1.807, 2.05) is 6.20 Å². The zero-order chi connectivity index (χ0) is 40.7. The van der Waals surface area contributed by atoms with Crippen LogP contribution in [0.25, 0.3) is 71.7 Å². The molecule has 0 saturated carbocycles. The van der Waals surface area contributed by atoms with E-state index in [1.54, 1.807) is 0 Å². The van der Waals surface area contributed by atoms with Gasteiger partial charge in [-0.05, 0) is 75.7 Å². The first kappa shape index (κ1) is 35.8. The third kappa shape index (κ3) is 5.82. The van der Waals surface area contributed by atoms with E-state index in [-0.39, 0.29) is 5.41 Å². The number of hydrogen-bond acceptors (Lipinski definition) is 4. The summed E-state index contributed by atoms with van der Waals surface area (Å²) in [5.74, 6) is 2.42. The molecule has 1 aliphatic heterocycles. The molecule has 0 N–H and O–H groups in total. The molecule has 0 spiro atoms. The molecule has 0 bridgehead atoms. The molecule has 0 radical (unpaired) electrons. The predicted molar refractivity (Wildman–Crippen MR) is 250 cm³/mol. The Hall–Kier alpha value is -7.31. The maximum Gasteiger partial charge on any atom is 0.139 e. The van der Waals surface area contributed by atoms with Crippen LogP contribution in [-0.4, -0.2) is 27.8 Å². The number of benzene rings is 7. The monoisotopic (exact) mass is 779 g/mol. The molecule has 292 valence electrons. The molecule has 10 aromatic rings. The van der Waals surface area contributed by atoms with Gasteiger partial charge in [0.1, 0.15) is 17.3 Å². The Balaban J connectivity index is 1.08. The fraction of sp³-hybridized carbons (Fsp3) is 0.130. The van der Waals surface area contributed by atoms with Crippen molar-refractivity contribution in [2.75, 3.05) is 23.5 Å². The van der Waals surface area contributed by atoms with Gasteiger partial charge in [0.25, 0.3) is 0 Å². The third-order valence-corrected chi connectivity index (χ3v) is 12.3. The summed E-state index contributed by atoms with van der Waals surface area (Å²) < 4.78 is 11.7. The van der Waals surface area contributed by atoms with Crippen LogP contribution in [0.4, 0.5) is 17.1 Å². The largest absolute Gasteiger partial charge is 0.457 e. The first-order chi connectivity index (χ1) is 29.2. The molecule has 6 nitrogen and oxygen atoms in total. The van der Waals surface area contributed by atoms with Gasteiger partial charge in [-0.25, -0.2) is 4.98 Å². The second kappa shape index (κ2) is 13.6. The molecular weight excluding hydrogens is 735 g/mol. The van der Waals surface area contributed by atoms with Gasteiger partial charge in [0.15, 0.2) is 0 Å². The van der Waals surface area contributed by atoms with Crippen molar-refractivity contribution >= 4 is 60.7 Å². The van der Waals surface area contributed by atoms with Crippen molar-refractivity contribution in [3.8, 4) is 39.6 Å². The van der Waals surface area contributed by atoms with Crippen molar-refractivity contribution in [3.05, 3.63) is 176 Å². The summed E-state index contributed by atoms with van der Waals surface area (Å²) in [5, 5.41) is 4.68. The number of hydrogen-bond donors (Lipinski definition) is 0. The zero-order valence-electron chi connectivity index (χ0n) is 34.5. The average Bonchev–Trinajstić information content (AvgIpc) is 3.89. The summed E-state index contributed by atoms with van der Waals surface area (Å²) in [7, 11) is 4.31. The van der Waals surface area contributed by atoms with Gasteiger partial charge >= 0.3 is 0 Å². The van der Waals surface area contributed by atoms with Gasteiger partial charge in [-0.3, -0.25) is 4.57 Å². The highest BCUT2D eigenvalue weighted by atomic mass is 16.5. The molecule has 0 aliphatic carbocycles. The molecule has 6 heteroatoms. The Bertz CT molecular complexity index is 3280. The van der Waals surface area contributed by atoms with Crippen LogP contribution < -0.4 is 14.5 Å².